The van der Waals surface area contributed by atoms with Crippen molar-refractivity contribution >= 4 is 68.6 Å². The van der Waals surface area contributed by atoms with Crippen LogP contribution in [0.1, 0.15) is 16.1 Å². The third-order valence-electron chi connectivity index (χ3n) is 4.90. The van der Waals surface area contributed by atoms with Crippen LogP contribution in [0.2, 0.25) is 0 Å². The maximum atomic E-state index is 12.9. The Kier molecular flexibility index (Phi) is 18.2. The van der Waals surface area contributed by atoms with Crippen molar-refractivity contribution in [2.24, 2.45) is 4.99 Å². The van der Waals surface area contributed by atoms with Gasteiger partial charge in [-0.15, -0.1) is 0 Å². The van der Waals surface area contributed by atoms with Gasteiger partial charge in [0.2, 0.25) is 5.78 Å². The summed E-state index contributed by atoms with van der Waals surface area (Å²) in [4.78, 5) is 13.5. The molecule has 0 fully saturated rings. The maximum absolute atomic E-state index is 12.9. The fraction of sp³-hybridized carbons (Fsp3) is 0. The third-order valence-corrected chi connectivity index (χ3v) is 8.24. The molecule has 1 aliphatic rings. The Bertz CT molecular complexity index is 2020. The van der Waals surface area contributed by atoms with Crippen molar-refractivity contribution in [1.29, 1.82) is 0 Å². The van der Waals surface area contributed by atoms with Crippen LogP contribution in [0.3, 0.4) is 0 Å². The van der Waals surface area contributed by atoms with Gasteiger partial charge in [0.05, 0.1) is 36.3 Å². The number of aromatic hydroxyl groups is 1. The zero-order valence-electron chi connectivity index (χ0n) is 21.1. The third kappa shape index (κ3) is 9.67. The van der Waals surface area contributed by atoms with Gasteiger partial charge in [-0.2, -0.15) is 0 Å². The van der Waals surface area contributed by atoms with Crippen LogP contribution in [-0.2, 0) is 40.5 Å². The molecule has 0 unspecified atom stereocenters. The first-order valence-electron chi connectivity index (χ1n) is 8.75. The molecule has 0 saturated heterocycles. The standard InChI is InChI=1S/C16H10N2O14S4.4K.H2O/c19-15-7-1-5(33(21,22)23)3-9(35(27,28)29)11(7)17-13(15)14-16(20)8-2-6(34(24,25)26)4-10(12(8)18-14)36(30,31)32;;;;;/h1-4,17,19H,(H,21,22,23)(H,24,25,26)(H,27,28,29)(H,30,31,32);;;;;1H2/q;4*+1;/p-4. The van der Waals surface area contributed by atoms with E-state index in [1.807, 2.05) is 0 Å². The van der Waals surface area contributed by atoms with E-state index in [0.717, 1.165) is 0 Å². The largest absolute Gasteiger partial charge is 1.00 e. The fourth-order valence-corrected chi connectivity index (χ4v) is 5.95. The Morgan fingerprint density at radius 2 is 1.12 bits per heavy atom. The molecular weight excluding hydrogens is 745 g/mol. The molecule has 4 rings (SSSR count). The summed E-state index contributed by atoms with van der Waals surface area (Å²) in [5.41, 5.74) is -4.30. The molecule has 1 aliphatic heterocycles. The first kappa shape index (κ1) is 46.4. The van der Waals surface area contributed by atoms with E-state index in [0.29, 0.717) is 12.1 Å². The Hall–Kier alpha value is 3.27. The summed E-state index contributed by atoms with van der Waals surface area (Å²) in [5.74, 6) is -2.48. The monoisotopic (exact) mass is 752 g/mol. The average molecular weight is 753 g/mol. The van der Waals surface area contributed by atoms with Crippen molar-refractivity contribution in [3.63, 3.8) is 0 Å². The second-order valence-corrected chi connectivity index (χ2v) is 12.6. The number of nitrogens with zero attached hydrogens (tertiary/aromatic N) is 1. The maximum Gasteiger partial charge on any atom is 1.00 e. The number of Topliss-reactive ketones (excluding diaryl/α,β-unsaturated/α-hetero) is 1. The quantitative estimate of drug-likeness (QED) is 0.181. The molecule has 0 aliphatic carbocycles. The molecule has 200 valence electrons. The number of fused-ring (bicyclic) bond motifs is 2. The van der Waals surface area contributed by atoms with Crippen LogP contribution in [0, 0.1) is 0 Å². The van der Waals surface area contributed by atoms with E-state index in [2.05, 4.69) is 9.98 Å². The first-order valence-corrected chi connectivity index (χ1v) is 14.4. The number of carbonyl (C=O) groups excluding carboxylic acids is 1. The van der Waals surface area contributed by atoms with Crippen LogP contribution in [0.15, 0.2) is 48.8 Å². The minimum Gasteiger partial charge on any atom is -0.744 e. The van der Waals surface area contributed by atoms with Gasteiger partial charge in [0.1, 0.15) is 51.9 Å². The van der Waals surface area contributed by atoms with Crippen molar-refractivity contribution < 1.29 is 273 Å². The van der Waals surface area contributed by atoms with Gasteiger partial charge in [0.15, 0.2) is 5.75 Å². The smallest absolute Gasteiger partial charge is 0.744 e. The zero-order chi connectivity index (χ0) is 27.2. The number of aromatic nitrogens is 1. The number of hydrogen-bond acceptors (Lipinski definition) is 15. The van der Waals surface area contributed by atoms with E-state index in [-0.39, 0.29) is 223 Å². The van der Waals surface area contributed by atoms with Crippen LogP contribution >= 0.6 is 0 Å². The Labute approximate surface area is 402 Å². The van der Waals surface area contributed by atoms with Gasteiger partial charge in [0.25, 0.3) is 0 Å². The van der Waals surface area contributed by atoms with Crippen LogP contribution < -0.4 is 206 Å². The van der Waals surface area contributed by atoms with Gasteiger partial charge in [-0.05, 0) is 24.3 Å². The molecule has 41 heavy (non-hydrogen) atoms. The summed E-state index contributed by atoms with van der Waals surface area (Å²) < 4.78 is 138. The van der Waals surface area contributed by atoms with Crippen molar-refractivity contribution in [1.82, 2.24) is 4.98 Å². The molecule has 3 aromatic rings. The van der Waals surface area contributed by atoms with E-state index in [1.54, 1.807) is 0 Å². The van der Waals surface area contributed by atoms with E-state index < -0.39 is 105 Å². The number of aromatic amines is 1. The average Bonchev–Trinajstić information content (AvgIpc) is 3.21. The second kappa shape index (κ2) is 16.1. The normalized spacial score (nSPS) is 13.0. The van der Waals surface area contributed by atoms with Gasteiger partial charge >= 0.3 is 206 Å². The molecule has 0 saturated carbocycles. The molecule has 17 nitrogen and oxygen atoms in total. The SMILES string of the molecule is O.O=C1C(c2[nH]c3c(S(=O)(=O)[O-])cc(S(=O)(=O)[O-])cc3c2O)=Nc2c1cc(S(=O)(=O)[O-])cc2S(=O)(=O)[O-].[K+].[K+].[K+].[K+]. The topological polar surface area (TPSA) is 326 Å². The van der Waals surface area contributed by atoms with Crippen LogP contribution in [-0.4, -0.2) is 78.9 Å². The Balaban J connectivity index is 0. The van der Waals surface area contributed by atoms with Crippen molar-refractivity contribution in [2.75, 3.05) is 0 Å². The van der Waals surface area contributed by atoms with Crippen molar-refractivity contribution in [3.05, 3.63) is 35.5 Å². The molecule has 0 bridgehead atoms. The molecule has 25 heteroatoms. The number of nitrogens with one attached hydrogen (secondary N) is 1. The molecule has 2 aromatic carbocycles. The summed E-state index contributed by atoms with van der Waals surface area (Å²) in [7, 11) is -21.8. The van der Waals surface area contributed by atoms with Crippen molar-refractivity contribution in [2.45, 2.75) is 19.6 Å². The molecular formula is C16H8K4N2O15S4. The second-order valence-electron chi connectivity index (χ2n) is 7.12. The van der Waals surface area contributed by atoms with Gasteiger partial charge < -0.3 is 33.8 Å². The summed E-state index contributed by atoms with van der Waals surface area (Å²) in [6, 6.07) is 1.26. The van der Waals surface area contributed by atoms with Gasteiger partial charge in [0, 0.05) is 5.39 Å². The Morgan fingerprint density at radius 3 is 1.56 bits per heavy atom. The number of rotatable bonds is 5. The molecule has 0 atom stereocenters. The predicted molar refractivity (Wildman–Crippen MR) is 112 cm³/mol. The van der Waals surface area contributed by atoms with Gasteiger partial charge in [-0.3, -0.25) is 4.79 Å². The van der Waals surface area contributed by atoms with Gasteiger partial charge in [-0.25, -0.2) is 38.7 Å². The molecule has 2 heterocycles. The minimum atomic E-state index is -5.53. The fourth-order valence-electron chi connectivity index (χ4n) is 3.40. The van der Waals surface area contributed by atoms with E-state index in [4.69, 9.17) is 0 Å². The summed E-state index contributed by atoms with van der Waals surface area (Å²) in [5, 5.41) is 9.81. The number of H-pyrrole nitrogens is 1. The van der Waals surface area contributed by atoms with Crippen LogP contribution in [0.25, 0.3) is 10.9 Å². The van der Waals surface area contributed by atoms with Crippen LogP contribution in [0.5, 0.6) is 5.75 Å². The molecule has 0 radical (unpaired) electrons. The summed E-state index contributed by atoms with van der Waals surface area (Å²) >= 11 is 0. The van der Waals surface area contributed by atoms with E-state index >= 15 is 0 Å². The van der Waals surface area contributed by atoms with Crippen molar-refractivity contribution in [3.8, 4) is 5.75 Å². The predicted octanol–water partition coefficient (Wildman–Crippen LogP) is -14.0. The molecule has 0 spiro atoms. The summed E-state index contributed by atoms with van der Waals surface area (Å²) in [6.45, 7) is 0. The number of hydrogen-bond donors (Lipinski definition) is 2. The van der Waals surface area contributed by atoms with E-state index in [1.165, 1.54) is 0 Å². The number of carbonyl (C=O) groups is 1. The number of benzene rings is 2. The number of ketones is 1. The minimum absolute atomic E-state index is 0. The molecule has 0 amide bonds. The molecule has 4 N–H and O–H groups in total. The van der Waals surface area contributed by atoms with Gasteiger partial charge in [-0.1, -0.05) is 0 Å². The zero-order valence-corrected chi connectivity index (χ0v) is 36.9. The first-order chi connectivity index (χ1) is 16.2. The molecule has 1 aromatic heterocycles. The summed E-state index contributed by atoms with van der Waals surface area (Å²) in [6.07, 6.45) is 0. The Morgan fingerprint density at radius 1 is 0.683 bits per heavy atom. The van der Waals surface area contributed by atoms with Crippen LogP contribution in [0.4, 0.5) is 5.69 Å². The van der Waals surface area contributed by atoms with E-state index in [9.17, 15) is 61.8 Å². The number of aliphatic imine (C=N–C) groups is 1.